The van der Waals surface area contributed by atoms with E-state index in [9.17, 15) is 9.59 Å². The van der Waals surface area contributed by atoms with Gasteiger partial charge in [-0.2, -0.15) is 0 Å². The smallest absolute Gasteiger partial charge is 0.315 e. The molecule has 0 aromatic carbocycles. The Morgan fingerprint density at radius 1 is 1.44 bits per heavy atom. The minimum absolute atomic E-state index is 0.0356. The summed E-state index contributed by atoms with van der Waals surface area (Å²) in [6.07, 6.45) is 3.28. The number of likely N-dealkylation sites (N-methyl/N-ethyl adjacent to an activating group) is 1. The van der Waals surface area contributed by atoms with Crippen molar-refractivity contribution in [2.24, 2.45) is 5.92 Å². The number of amides is 1. The monoisotopic (exact) mass is 228 g/mol. The van der Waals surface area contributed by atoms with E-state index >= 15 is 0 Å². The molecule has 1 fully saturated rings. The summed E-state index contributed by atoms with van der Waals surface area (Å²) in [7, 11) is 3.98. The van der Waals surface area contributed by atoms with Gasteiger partial charge in [0.25, 0.3) is 0 Å². The number of carbonyl (C=O) groups is 2. The highest BCUT2D eigenvalue weighted by Crippen LogP contribution is 2.35. The SMILES string of the molecule is CC(C(=O)O)C(=O)NCC1(N(C)C)CCC1. The lowest BCUT2D eigenvalue weighted by molar-refractivity contribution is -0.146. The lowest BCUT2D eigenvalue weighted by Crippen LogP contribution is -2.57. The second kappa shape index (κ2) is 4.82. The third-order valence-electron chi connectivity index (χ3n) is 3.59. The minimum Gasteiger partial charge on any atom is -0.481 e. The normalized spacial score (nSPS) is 20.0. The molecule has 1 aliphatic rings. The fraction of sp³-hybridized carbons (Fsp3) is 0.818. The number of hydrogen-bond donors (Lipinski definition) is 2. The van der Waals surface area contributed by atoms with E-state index in [4.69, 9.17) is 5.11 Å². The van der Waals surface area contributed by atoms with Gasteiger partial charge in [-0.15, -0.1) is 0 Å². The zero-order chi connectivity index (χ0) is 12.3. The Morgan fingerprint density at radius 2 is 2.00 bits per heavy atom. The number of hydrogen-bond acceptors (Lipinski definition) is 3. The maximum atomic E-state index is 11.5. The van der Waals surface area contributed by atoms with Crippen LogP contribution in [0.15, 0.2) is 0 Å². The van der Waals surface area contributed by atoms with Gasteiger partial charge in [0.15, 0.2) is 0 Å². The average Bonchev–Trinajstić information content (AvgIpc) is 2.13. The van der Waals surface area contributed by atoms with E-state index in [-0.39, 0.29) is 5.54 Å². The van der Waals surface area contributed by atoms with E-state index in [1.54, 1.807) is 0 Å². The maximum absolute atomic E-state index is 11.5. The van der Waals surface area contributed by atoms with Crippen molar-refractivity contribution in [3.05, 3.63) is 0 Å². The van der Waals surface area contributed by atoms with Gasteiger partial charge in [-0.25, -0.2) is 0 Å². The van der Waals surface area contributed by atoms with Crippen molar-refractivity contribution < 1.29 is 14.7 Å². The van der Waals surface area contributed by atoms with E-state index in [2.05, 4.69) is 10.2 Å². The lowest BCUT2D eigenvalue weighted by atomic mass is 9.75. The predicted octanol–water partition coefficient (Wildman–Crippen LogP) is 0.308. The lowest BCUT2D eigenvalue weighted by Gasteiger charge is -2.47. The van der Waals surface area contributed by atoms with Crippen molar-refractivity contribution >= 4 is 11.9 Å². The Balaban J connectivity index is 2.45. The second-order valence-electron chi connectivity index (χ2n) is 4.75. The summed E-state index contributed by atoms with van der Waals surface area (Å²) in [5.41, 5.74) is 0.0356. The Morgan fingerprint density at radius 3 is 2.31 bits per heavy atom. The van der Waals surface area contributed by atoms with E-state index < -0.39 is 17.8 Å². The molecule has 0 bridgehead atoms. The highest BCUT2D eigenvalue weighted by Gasteiger charge is 2.39. The number of aliphatic carboxylic acids is 1. The van der Waals surface area contributed by atoms with Crippen molar-refractivity contribution in [2.45, 2.75) is 31.7 Å². The molecule has 16 heavy (non-hydrogen) atoms. The molecule has 1 saturated carbocycles. The van der Waals surface area contributed by atoms with Crippen LogP contribution in [-0.2, 0) is 9.59 Å². The number of carboxylic acid groups (broad SMARTS) is 1. The van der Waals surface area contributed by atoms with Gasteiger partial charge in [-0.3, -0.25) is 9.59 Å². The summed E-state index contributed by atoms with van der Waals surface area (Å²) in [4.78, 5) is 24.2. The van der Waals surface area contributed by atoms with Crippen molar-refractivity contribution in [1.82, 2.24) is 10.2 Å². The molecule has 0 aromatic heterocycles. The van der Waals surface area contributed by atoms with Crippen LogP contribution in [-0.4, -0.2) is 48.1 Å². The van der Waals surface area contributed by atoms with Crippen molar-refractivity contribution in [3.8, 4) is 0 Å². The van der Waals surface area contributed by atoms with Crippen molar-refractivity contribution in [1.29, 1.82) is 0 Å². The van der Waals surface area contributed by atoms with Gasteiger partial charge in [0, 0.05) is 12.1 Å². The molecule has 0 heterocycles. The summed E-state index contributed by atoms with van der Waals surface area (Å²) in [6, 6.07) is 0. The summed E-state index contributed by atoms with van der Waals surface area (Å²) >= 11 is 0. The number of nitrogens with zero attached hydrogens (tertiary/aromatic N) is 1. The molecule has 0 aliphatic heterocycles. The molecule has 1 rings (SSSR count). The summed E-state index contributed by atoms with van der Waals surface area (Å²) < 4.78 is 0. The van der Waals surface area contributed by atoms with Crippen LogP contribution in [0.25, 0.3) is 0 Å². The van der Waals surface area contributed by atoms with Gasteiger partial charge in [0.2, 0.25) is 5.91 Å². The molecule has 0 radical (unpaired) electrons. The molecular formula is C11H20N2O3. The second-order valence-corrected chi connectivity index (χ2v) is 4.75. The van der Waals surface area contributed by atoms with Gasteiger partial charge < -0.3 is 15.3 Å². The standard InChI is InChI=1S/C11H20N2O3/c1-8(10(15)16)9(14)12-7-11(13(2)3)5-4-6-11/h8H,4-7H2,1-3H3,(H,12,14)(H,15,16). The first-order valence-electron chi connectivity index (χ1n) is 5.57. The number of rotatable bonds is 5. The number of carbonyl (C=O) groups excluding carboxylic acids is 1. The van der Waals surface area contributed by atoms with Crippen LogP contribution in [0.4, 0.5) is 0 Å². The first kappa shape index (κ1) is 13.0. The first-order valence-corrected chi connectivity index (χ1v) is 5.57. The van der Waals surface area contributed by atoms with Gasteiger partial charge in [-0.05, 0) is 40.3 Å². The third kappa shape index (κ3) is 2.52. The molecule has 1 aliphatic carbocycles. The molecule has 5 nitrogen and oxygen atoms in total. The zero-order valence-corrected chi connectivity index (χ0v) is 10.1. The predicted molar refractivity (Wildman–Crippen MR) is 60.1 cm³/mol. The van der Waals surface area contributed by atoms with E-state index in [1.807, 2.05) is 14.1 Å². The highest BCUT2D eigenvalue weighted by molar-refractivity contribution is 5.96. The van der Waals surface area contributed by atoms with Crippen LogP contribution in [0.1, 0.15) is 26.2 Å². The van der Waals surface area contributed by atoms with E-state index in [0.29, 0.717) is 6.54 Å². The number of carboxylic acids is 1. The van der Waals surface area contributed by atoms with Crippen LogP contribution < -0.4 is 5.32 Å². The molecule has 0 aromatic rings. The fourth-order valence-corrected chi connectivity index (χ4v) is 1.88. The van der Waals surface area contributed by atoms with Gasteiger partial charge in [-0.1, -0.05) is 0 Å². The summed E-state index contributed by atoms with van der Waals surface area (Å²) in [6.45, 7) is 1.94. The Bertz CT molecular complexity index is 285. The van der Waals surface area contributed by atoms with Crippen LogP contribution >= 0.6 is 0 Å². The quantitative estimate of drug-likeness (QED) is 0.664. The van der Waals surface area contributed by atoms with Crippen molar-refractivity contribution in [3.63, 3.8) is 0 Å². The molecule has 2 N–H and O–H groups in total. The fourth-order valence-electron chi connectivity index (χ4n) is 1.88. The minimum atomic E-state index is -1.08. The molecule has 1 amide bonds. The van der Waals surface area contributed by atoms with E-state index in [1.165, 1.54) is 13.3 Å². The zero-order valence-electron chi connectivity index (χ0n) is 10.1. The molecule has 0 spiro atoms. The third-order valence-corrected chi connectivity index (χ3v) is 3.59. The van der Waals surface area contributed by atoms with Gasteiger partial charge in [0.05, 0.1) is 0 Å². The van der Waals surface area contributed by atoms with E-state index in [0.717, 1.165) is 12.8 Å². The van der Waals surface area contributed by atoms with Crippen LogP contribution in [0, 0.1) is 5.92 Å². The molecule has 0 saturated heterocycles. The Hall–Kier alpha value is -1.10. The molecule has 1 unspecified atom stereocenters. The van der Waals surface area contributed by atoms with Gasteiger partial charge in [0.1, 0.15) is 5.92 Å². The molecular weight excluding hydrogens is 208 g/mol. The van der Waals surface area contributed by atoms with Crippen LogP contribution in [0.5, 0.6) is 0 Å². The highest BCUT2D eigenvalue weighted by atomic mass is 16.4. The first-order chi connectivity index (χ1) is 7.39. The van der Waals surface area contributed by atoms with Gasteiger partial charge >= 0.3 is 5.97 Å². The van der Waals surface area contributed by atoms with Crippen LogP contribution in [0.3, 0.4) is 0 Å². The van der Waals surface area contributed by atoms with Crippen LogP contribution in [0.2, 0.25) is 0 Å². The Labute approximate surface area is 95.8 Å². The maximum Gasteiger partial charge on any atom is 0.315 e. The Kier molecular flexibility index (Phi) is 3.91. The van der Waals surface area contributed by atoms with Crippen molar-refractivity contribution in [2.75, 3.05) is 20.6 Å². The number of nitrogens with one attached hydrogen (secondary N) is 1. The molecule has 1 atom stereocenters. The summed E-state index contributed by atoms with van der Waals surface area (Å²) in [5.74, 6) is -2.45. The summed E-state index contributed by atoms with van der Waals surface area (Å²) in [5, 5.41) is 11.4. The molecule has 92 valence electrons. The topological polar surface area (TPSA) is 69.6 Å². The average molecular weight is 228 g/mol. The molecule has 5 heteroatoms. The largest absolute Gasteiger partial charge is 0.481 e.